The summed E-state index contributed by atoms with van der Waals surface area (Å²) in [7, 11) is 3.89. The zero-order valence-electron chi connectivity index (χ0n) is 21.4. The molecule has 2 aromatic carbocycles. The molecule has 1 saturated heterocycles. The number of anilines is 1. The van der Waals surface area contributed by atoms with Gasteiger partial charge in [-0.3, -0.25) is 9.20 Å². The highest BCUT2D eigenvalue weighted by molar-refractivity contribution is 5.99. The van der Waals surface area contributed by atoms with Gasteiger partial charge in [0.2, 0.25) is 0 Å². The second-order valence-electron chi connectivity index (χ2n) is 9.93. The standard InChI is InChI=1S/C29H28N6O3/c1-33-12-3-4-20(16-33)17-38-29-32-27(21-7-5-19(15-30)6-8-21)26(28-31-11-13-35(28)29)22-9-10-23-24(14-22)37-18-25(36)34(23)2/h5-11,13-14,20H,3-4,12,16-18H2,1-2H3/t20-/m1/s1. The molecule has 2 aliphatic rings. The first-order valence-corrected chi connectivity index (χ1v) is 12.7. The zero-order valence-corrected chi connectivity index (χ0v) is 21.4. The third-order valence-electron chi connectivity index (χ3n) is 7.31. The van der Waals surface area contributed by atoms with Gasteiger partial charge in [-0.1, -0.05) is 18.2 Å². The van der Waals surface area contributed by atoms with E-state index in [9.17, 15) is 10.1 Å². The van der Waals surface area contributed by atoms with Gasteiger partial charge < -0.3 is 19.3 Å². The van der Waals surface area contributed by atoms with Gasteiger partial charge in [0.1, 0.15) is 5.75 Å². The number of aromatic nitrogens is 3. The SMILES string of the molecule is CN1CCC[C@@H](COc2nc(-c3ccc(C#N)cc3)c(-c3ccc4c(c3)OCC(=O)N4C)c3nccn23)C1. The molecule has 4 aromatic rings. The third-order valence-corrected chi connectivity index (χ3v) is 7.31. The highest BCUT2D eigenvalue weighted by Crippen LogP contribution is 2.41. The number of ether oxygens (including phenoxy) is 2. The number of likely N-dealkylation sites (tertiary alicyclic amines) is 1. The molecule has 9 heteroatoms. The summed E-state index contributed by atoms with van der Waals surface area (Å²) in [6.07, 6.45) is 5.89. The van der Waals surface area contributed by atoms with Crippen LogP contribution in [0.15, 0.2) is 54.9 Å². The third kappa shape index (κ3) is 4.33. The number of carbonyl (C=O) groups excluding carboxylic acids is 1. The Morgan fingerprint density at radius 1 is 1.16 bits per heavy atom. The van der Waals surface area contributed by atoms with Crippen LogP contribution in [-0.2, 0) is 4.79 Å². The van der Waals surface area contributed by atoms with Gasteiger partial charge in [0.05, 0.1) is 35.2 Å². The van der Waals surface area contributed by atoms with E-state index in [1.807, 2.05) is 40.9 Å². The van der Waals surface area contributed by atoms with E-state index in [1.54, 1.807) is 30.3 Å². The van der Waals surface area contributed by atoms with Gasteiger partial charge in [-0.25, -0.2) is 4.98 Å². The van der Waals surface area contributed by atoms with Crippen LogP contribution in [0.5, 0.6) is 11.8 Å². The van der Waals surface area contributed by atoms with Gasteiger partial charge in [-0.15, -0.1) is 0 Å². The summed E-state index contributed by atoms with van der Waals surface area (Å²) in [6.45, 7) is 2.69. The summed E-state index contributed by atoms with van der Waals surface area (Å²) >= 11 is 0. The van der Waals surface area contributed by atoms with Crippen molar-refractivity contribution in [2.24, 2.45) is 5.92 Å². The van der Waals surface area contributed by atoms with Crippen molar-refractivity contribution in [1.29, 1.82) is 5.26 Å². The number of likely N-dealkylation sites (N-methyl/N-ethyl adjacent to an activating group) is 1. The first-order chi connectivity index (χ1) is 18.5. The molecular formula is C29H28N6O3. The Morgan fingerprint density at radius 2 is 1.97 bits per heavy atom. The van der Waals surface area contributed by atoms with Crippen molar-refractivity contribution >= 4 is 17.2 Å². The lowest BCUT2D eigenvalue weighted by Crippen LogP contribution is -2.35. The van der Waals surface area contributed by atoms with Crippen LogP contribution in [0.2, 0.25) is 0 Å². The van der Waals surface area contributed by atoms with E-state index in [1.165, 1.54) is 0 Å². The molecular weight excluding hydrogens is 480 g/mol. The fourth-order valence-corrected chi connectivity index (χ4v) is 5.27. The van der Waals surface area contributed by atoms with Gasteiger partial charge in [0.25, 0.3) is 5.91 Å². The van der Waals surface area contributed by atoms with Crippen LogP contribution < -0.4 is 14.4 Å². The number of fused-ring (bicyclic) bond motifs is 2. The molecule has 2 aromatic heterocycles. The molecule has 2 aliphatic heterocycles. The first kappa shape index (κ1) is 23.9. The van der Waals surface area contributed by atoms with Crippen LogP contribution >= 0.6 is 0 Å². The minimum atomic E-state index is -0.0912. The van der Waals surface area contributed by atoms with E-state index in [0.29, 0.717) is 41.2 Å². The zero-order chi connectivity index (χ0) is 26.2. The monoisotopic (exact) mass is 508 g/mol. The number of hydrogen-bond donors (Lipinski definition) is 0. The number of rotatable bonds is 5. The highest BCUT2D eigenvalue weighted by Gasteiger charge is 2.26. The van der Waals surface area contributed by atoms with Gasteiger partial charge >= 0.3 is 6.01 Å². The summed E-state index contributed by atoms with van der Waals surface area (Å²) in [5.74, 6) is 0.970. The van der Waals surface area contributed by atoms with E-state index >= 15 is 0 Å². The Morgan fingerprint density at radius 3 is 2.76 bits per heavy atom. The maximum absolute atomic E-state index is 12.1. The van der Waals surface area contributed by atoms with Gasteiger partial charge in [0.15, 0.2) is 12.3 Å². The molecule has 6 rings (SSSR count). The summed E-state index contributed by atoms with van der Waals surface area (Å²) in [6, 6.07) is 15.8. The van der Waals surface area contributed by atoms with E-state index in [-0.39, 0.29) is 12.5 Å². The van der Waals surface area contributed by atoms with Crippen molar-refractivity contribution in [2.45, 2.75) is 12.8 Å². The highest BCUT2D eigenvalue weighted by atomic mass is 16.5. The van der Waals surface area contributed by atoms with Crippen LogP contribution in [0.3, 0.4) is 0 Å². The lowest BCUT2D eigenvalue weighted by Gasteiger charge is -2.29. The minimum Gasteiger partial charge on any atom is -0.482 e. The summed E-state index contributed by atoms with van der Waals surface area (Å²) in [5.41, 5.74) is 5.21. The Hall–Kier alpha value is -4.42. The van der Waals surface area contributed by atoms with Crippen molar-refractivity contribution in [1.82, 2.24) is 19.3 Å². The van der Waals surface area contributed by atoms with Crippen molar-refractivity contribution in [3.63, 3.8) is 0 Å². The van der Waals surface area contributed by atoms with Crippen LogP contribution in [0.4, 0.5) is 5.69 Å². The van der Waals surface area contributed by atoms with Crippen LogP contribution in [-0.4, -0.2) is 65.6 Å². The van der Waals surface area contributed by atoms with E-state index < -0.39 is 0 Å². The average Bonchev–Trinajstić information content (AvgIpc) is 3.43. The normalized spacial score (nSPS) is 17.7. The topological polar surface area (TPSA) is 96.0 Å². The van der Waals surface area contributed by atoms with Crippen molar-refractivity contribution in [3.05, 3.63) is 60.4 Å². The second kappa shape index (κ2) is 9.80. The summed E-state index contributed by atoms with van der Waals surface area (Å²) < 4.78 is 14.0. The Balaban J connectivity index is 1.47. The molecule has 0 radical (unpaired) electrons. The quantitative estimate of drug-likeness (QED) is 0.402. The van der Waals surface area contributed by atoms with Gasteiger partial charge in [-0.2, -0.15) is 10.2 Å². The molecule has 4 heterocycles. The van der Waals surface area contributed by atoms with E-state index in [4.69, 9.17) is 19.4 Å². The Labute approximate surface area is 220 Å². The summed E-state index contributed by atoms with van der Waals surface area (Å²) in [4.78, 5) is 25.8. The molecule has 0 saturated carbocycles. The smallest absolute Gasteiger partial charge is 0.302 e. The Kier molecular flexibility index (Phi) is 6.18. The summed E-state index contributed by atoms with van der Waals surface area (Å²) in [5, 5.41) is 9.31. The van der Waals surface area contributed by atoms with Crippen molar-refractivity contribution < 1.29 is 14.3 Å². The molecule has 0 bridgehead atoms. The molecule has 0 unspecified atom stereocenters. The average molecular weight is 509 g/mol. The van der Waals surface area contributed by atoms with Gasteiger partial charge in [-0.05, 0) is 56.3 Å². The fourth-order valence-electron chi connectivity index (χ4n) is 5.27. The number of benzene rings is 2. The molecule has 0 N–H and O–H groups in total. The molecule has 1 amide bonds. The molecule has 1 atom stereocenters. The molecule has 0 spiro atoms. The number of nitrogens with zero attached hydrogens (tertiary/aromatic N) is 6. The van der Waals surface area contributed by atoms with E-state index in [0.717, 1.165) is 48.3 Å². The second-order valence-corrected chi connectivity index (χ2v) is 9.93. The van der Waals surface area contributed by atoms with Crippen LogP contribution in [0.1, 0.15) is 18.4 Å². The molecule has 9 nitrogen and oxygen atoms in total. The molecule has 0 aliphatic carbocycles. The molecule has 38 heavy (non-hydrogen) atoms. The number of imidazole rings is 1. The number of amides is 1. The first-order valence-electron chi connectivity index (χ1n) is 12.7. The number of piperidine rings is 1. The lowest BCUT2D eigenvalue weighted by atomic mass is 9.98. The number of hydrogen-bond acceptors (Lipinski definition) is 7. The van der Waals surface area contributed by atoms with Crippen molar-refractivity contribution in [2.75, 3.05) is 45.3 Å². The van der Waals surface area contributed by atoms with Gasteiger partial charge in [0, 0.05) is 37.5 Å². The largest absolute Gasteiger partial charge is 0.482 e. The van der Waals surface area contributed by atoms with E-state index in [2.05, 4.69) is 18.0 Å². The number of nitriles is 1. The predicted octanol–water partition coefficient (Wildman–Crippen LogP) is 4.01. The molecule has 192 valence electrons. The number of carbonyl (C=O) groups is 1. The maximum Gasteiger partial charge on any atom is 0.302 e. The minimum absolute atomic E-state index is 0.00436. The maximum atomic E-state index is 12.1. The fraction of sp³-hybridized carbons (Fsp3) is 0.310. The lowest BCUT2D eigenvalue weighted by molar-refractivity contribution is -0.120. The molecule has 1 fully saturated rings. The predicted molar refractivity (Wildman–Crippen MR) is 143 cm³/mol. The van der Waals surface area contributed by atoms with Crippen LogP contribution in [0.25, 0.3) is 28.0 Å². The van der Waals surface area contributed by atoms with Crippen LogP contribution in [0, 0.1) is 17.2 Å². The Bertz CT molecular complexity index is 1560. The van der Waals surface area contributed by atoms with Crippen molar-refractivity contribution in [3.8, 4) is 40.2 Å².